The van der Waals surface area contributed by atoms with Gasteiger partial charge in [0.1, 0.15) is 0 Å². The van der Waals surface area contributed by atoms with E-state index in [4.69, 9.17) is 0 Å². The summed E-state index contributed by atoms with van der Waals surface area (Å²) in [6.45, 7) is 9.39. The summed E-state index contributed by atoms with van der Waals surface area (Å²) in [7, 11) is 0. The molecule has 3 heteroatoms. The zero-order chi connectivity index (χ0) is 13.4. The number of piperidine rings is 1. The second-order valence-corrected chi connectivity index (χ2v) is 6.33. The highest BCUT2D eigenvalue weighted by Gasteiger charge is 2.21. The van der Waals surface area contributed by atoms with E-state index >= 15 is 0 Å². The summed E-state index contributed by atoms with van der Waals surface area (Å²) in [6.07, 6.45) is 8.61. The molecule has 0 saturated carbocycles. The van der Waals surface area contributed by atoms with Gasteiger partial charge in [0, 0.05) is 19.6 Å². The monoisotopic (exact) mass is 254 g/mol. The van der Waals surface area contributed by atoms with E-state index in [9.17, 15) is 4.79 Å². The van der Waals surface area contributed by atoms with Crippen LogP contribution in [0.15, 0.2) is 0 Å². The Morgan fingerprint density at radius 1 is 1.17 bits per heavy atom. The zero-order valence-electron chi connectivity index (χ0n) is 12.4. The Morgan fingerprint density at radius 2 is 1.83 bits per heavy atom. The molecule has 1 N–H and O–H groups in total. The van der Waals surface area contributed by atoms with Gasteiger partial charge in [0.15, 0.2) is 0 Å². The molecule has 0 atom stereocenters. The van der Waals surface area contributed by atoms with E-state index in [0.717, 1.165) is 32.5 Å². The molecule has 3 nitrogen and oxygen atoms in total. The van der Waals surface area contributed by atoms with E-state index in [-0.39, 0.29) is 11.4 Å². The van der Waals surface area contributed by atoms with E-state index in [1.54, 1.807) is 0 Å². The Kier molecular flexibility index (Phi) is 6.51. The lowest BCUT2D eigenvalue weighted by molar-refractivity contribution is 0.179. The Morgan fingerprint density at radius 3 is 2.44 bits per heavy atom. The largest absolute Gasteiger partial charge is 0.337 e. The summed E-state index contributed by atoms with van der Waals surface area (Å²) in [6, 6.07) is 0.137. The fraction of sp³-hybridized carbons (Fsp3) is 0.933. The predicted octanol–water partition coefficient (Wildman–Crippen LogP) is 3.79. The molecule has 0 aliphatic carbocycles. The number of likely N-dealkylation sites (tertiary alicyclic amines) is 1. The first kappa shape index (κ1) is 15.3. The van der Waals surface area contributed by atoms with Crippen LogP contribution in [0.4, 0.5) is 4.79 Å². The van der Waals surface area contributed by atoms with Crippen LogP contribution in [0.2, 0.25) is 0 Å². The van der Waals surface area contributed by atoms with Crippen molar-refractivity contribution >= 4 is 6.03 Å². The molecule has 0 aromatic carbocycles. The van der Waals surface area contributed by atoms with Gasteiger partial charge in [-0.15, -0.1) is 0 Å². The van der Waals surface area contributed by atoms with Crippen LogP contribution < -0.4 is 5.32 Å². The van der Waals surface area contributed by atoms with E-state index in [1.807, 2.05) is 4.90 Å². The highest BCUT2D eigenvalue weighted by molar-refractivity contribution is 5.74. The number of carbonyl (C=O) groups excluding carboxylic acids is 1. The fourth-order valence-electron chi connectivity index (χ4n) is 2.47. The molecule has 0 spiro atoms. The van der Waals surface area contributed by atoms with Crippen LogP contribution in [0.1, 0.15) is 65.7 Å². The van der Waals surface area contributed by atoms with Gasteiger partial charge in [0.05, 0.1) is 0 Å². The van der Waals surface area contributed by atoms with Gasteiger partial charge in [0.2, 0.25) is 0 Å². The molecule has 1 saturated heterocycles. The van der Waals surface area contributed by atoms with E-state index in [2.05, 4.69) is 26.1 Å². The highest BCUT2D eigenvalue weighted by Crippen LogP contribution is 2.22. The van der Waals surface area contributed by atoms with Crippen molar-refractivity contribution in [2.75, 3.05) is 19.6 Å². The number of nitrogens with one attached hydrogen (secondary N) is 1. The van der Waals surface area contributed by atoms with Crippen LogP contribution >= 0.6 is 0 Å². The minimum atomic E-state index is 0.137. The van der Waals surface area contributed by atoms with Crippen LogP contribution in [0.3, 0.4) is 0 Å². The molecule has 0 aromatic heterocycles. The van der Waals surface area contributed by atoms with Crippen LogP contribution in [0.5, 0.6) is 0 Å². The van der Waals surface area contributed by atoms with Crippen molar-refractivity contribution in [2.24, 2.45) is 5.41 Å². The lowest BCUT2D eigenvalue weighted by Crippen LogP contribution is -2.45. The molecule has 2 amide bonds. The van der Waals surface area contributed by atoms with Crippen LogP contribution in [0, 0.1) is 5.41 Å². The lowest BCUT2D eigenvalue weighted by Gasteiger charge is -2.30. The molecule has 1 fully saturated rings. The van der Waals surface area contributed by atoms with Gasteiger partial charge < -0.3 is 10.2 Å². The maximum absolute atomic E-state index is 12.0. The summed E-state index contributed by atoms with van der Waals surface area (Å²) >= 11 is 0. The molecule has 0 bridgehead atoms. The third kappa shape index (κ3) is 5.74. The van der Waals surface area contributed by atoms with E-state index < -0.39 is 0 Å². The topological polar surface area (TPSA) is 32.3 Å². The molecular weight excluding hydrogens is 224 g/mol. The Balaban J connectivity index is 2.23. The summed E-state index contributed by atoms with van der Waals surface area (Å²) in [5.74, 6) is 0. The lowest BCUT2D eigenvalue weighted by atomic mass is 9.87. The maximum Gasteiger partial charge on any atom is 0.317 e. The van der Waals surface area contributed by atoms with Crippen LogP contribution in [0.25, 0.3) is 0 Å². The number of rotatable bonds is 6. The van der Waals surface area contributed by atoms with Crippen molar-refractivity contribution in [1.29, 1.82) is 0 Å². The first-order chi connectivity index (χ1) is 8.55. The van der Waals surface area contributed by atoms with Crippen molar-refractivity contribution < 1.29 is 4.79 Å². The minimum Gasteiger partial charge on any atom is -0.337 e. The highest BCUT2D eigenvalue weighted by atomic mass is 16.2. The van der Waals surface area contributed by atoms with Crippen molar-refractivity contribution in [3.63, 3.8) is 0 Å². The van der Waals surface area contributed by atoms with Gasteiger partial charge in [-0.05, 0) is 31.1 Å². The standard InChI is InChI=1S/C15H30N2O/c1-4-5-7-10-15(2,3)13-16-14(18)17-11-8-6-9-12-17/h4-13H2,1-3H3,(H,16,18). The van der Waals surface area contributed by atoms with Gasteiger partial charge >= 0.3 is 6.03 Å². The first-order valence-electron chi connectivity index (χ1n) is 7.58. The number of nitrogens with zero attached hydrogens (tertiary/aromatic N) is 1. The molecule has 0 aromatic rings. The Bertz CT molecular complexity index is 245. The molecule has 0 radical (unpaired) electrons. The van der Waals surface area contributed by atoms with Crippen LogP contribution in [-0.2, 0) is 0 Å². The predicted molar refractivity (Wildman–Crippen MR) is 76.7 cm³/mol. The number of hydrogen-bond acceptors (Lipinski definition) is 1. The molecule has 1 aliphatic heterocycles. The minimum absolute atomic E-state index is 0.137. The Labute approximate surface area is 112 Å². The number of amides is 2. The second kappa shape index (κ2) is 7.65. The van der Waals surface area contributed by atoms with E-state index in [1.165, 1.54) is 32.1 Å². The SMILES string of the molecule is CCCCCC(C)(C)CNC(=O)N1CCCCC1. The molecule has 18 heavy (non-hydrogen) atoms. The Hall–Kier alpha value is -0.730. The summed E-state index contributed by atoms with van der Waals surface area (Å²) in [5, 5.41) is 3.11. The summed E-state index contributed by atoms with van der Waals surface area (Å²) in [4.78, 5) is 14.0. The number of carbonyl (C=O) groups is 1. The maximum atomic E-state index is 12.0. The van der Waals surface area contributed by atoms with Crippen molar-refractivity contribution in [2.45, 2.75) is 65.7 Å². The molecule has 1 heterocycles. The number of unbranched alkanes of at least 4 members (excludes halogenated alkanes) is 2. The van der Waals surface area contributed by atoms with E-state index in [0.29, 0.717) is 0 Å². The van der Waals surface area contributed by atoms with Gasteiger partial charge in [-0.3, -0.25) is 0 Å². The molecule has 1 rings (SSSR count). The smallest absolute Gasteiger partial charge is 0.317 e. The van der Waals surface area contributed by atoms with Gasteiger partial charge in [-0.2, -0.15) is 0 Å². The number of urea groups is 1. The summed E-state index contributed by atoms with van der Waals surface area (Å²) in [5.41, 5.74) is 0.223. The van der Waals surface area contributed by atoms with Gasteiger partial charge in [-0.1, -0.05) is 40.0 Å². The molecule has 1 aliphatic rings. The van der Waals surface area contributed by atoms with Gasteiger partial charge in [0.25, 0.3) is 0 Å². The third-order valence-electron chi connectivity index (χ3n) is 3.82. The zero-order valence-corrected chi connectivity index (χ0v) is 12.4. The fourth-order valence-corrected chi connectivity index (χ4v) is 2.47. The normalized spacial score (nSPS) is 16.7. The van der Waals surface area contributed by atoms with Crippen molar-refractivity contribution in [3.8, 4) is 0 Å². The third-order valence-corrected chi connectivity index (χ3v) is 3.82. The van der Waals surface area contributed by atoms with Crippen molar-refractivity contribution in [1.82, 2.24) is 10.2 Å². The summed E-state index contributed by atoms with van der Waals surface area (Å²) < 4.78 is 0. The molecule has 106 valence electrons. The number of hydrogen-bond donors (Lipinski definition) is 1. The average Bonchev–Trinajstić information content (AvgIpc) is 2.37. The van der Waals surface area contributed by atoms with Crippen LogP contribution in [-0.4, -0.2) is 30.6 Å². The second-order valence-electron chi connectivity index (χ2n) is 6.33. The van der Waals surface area contributed by atoms with Gasteiger partial charge in [-0.25, -0.2) is 4.79 Å². The van der Waals surface area contributed by atoms with Crippen molar-refractivity contribution in [3.05, 3.63) is 0 Å². The molecule has 0 unspecified atom stereocenters. The average molecular weight is 254 g/mol. The first-order valence-corrected chi connectivity index (χ1v) is 7.58. The quantitative estimate of drug-likeness (QED) is 0.719. The molecular formula is C15H30N2O.